The van der Waals surface area contributed by atoms with E-state index in [-0.39, 0.29) is 0 Å². The highest BCUT2D eigenvalue weighted by Gasteiger charge is 2.23. The third kappa shape index (κ3) is 5.48. The molecule has 0 bridgehead atoms. The summed E-state index contributed by atoms with van der Waals surface area (Å²) in [7, 11) is 0. The Hall–Kier alpha value is -7.76. The molecule has 8 aromatic carbocycles. The SMILES string of the molecule is c1ccc(-c2ccc(N(c3ccc4c(c3)c3c(ccc5c6ccccc6n(-c6ccccc6)c53)n4-c3ccccc3)c3ncc(-c4ccccc4)cn3)cc2)cc1. The van der Waals surface area contributed by atoms with Crippen molar-refractivity contribution in [3.05, 3.63) is 213 Å². The van der Waals surface area contributed by atoms with E-state index < -0.39 is 0 Å². The van der Waals surface area contributed by atoms with Crippen molar-refractivity contribution in [1.29, 1.82) is 0 Å². The predicted octanol–water partition coefficient (Wildman–Crippen LogP) is 13.5. The molecule has 0 aliphatic heterocycles. The second-order valence-electron chi connectivity index (χ2n) is 14.3. The second kappa shape index (κ2) is 13.5. The van der Waals surface area contributed by atoms with Gasteiger partial charge in [0, 0.05) is 62.3 Å². The van der Waals surface area contributed by atoms with Crippen LogP contribution < -0.4 is 4.90 Å². The highest BCUT2D eigenvalue weighted by molar-refractivity contribution is 6.26. The molecule has 5 heteroatoms. The lowest BCUT2D eigenvalue weighted by molar-refractivity contribution is 1.08. The summed E-state index contributed by atoms with van der Waals surface area (Å²) in [5.74, 6) is 0.594. The van der Waals surface area contributed by atoms with Gasteiger partial charge in [0.25, 0.3) is 0 Å². The number of fused-ring (bicyclic) bond motifs is 7. The Labute approximate surface area is 330 Å². The molecule has 0 spiro atoms. The van der Waals surface area contributed by atoms with Crippen LogP contribution in [0.2, 0.25) is 0 Å². The minimum Gasteiger partial charge on any atom is -0.309 e. The molecule has 0 N–H and O–H groups in total. The van der Waals surface area contributed by atoms with Gasteiger partial charge in [-0.3, -0.25) is 4.90 Å². The summed E-state index contributed by atoms with van der Waals surface area (Å²) in [6.45, 7) is 0. The Morgan fingerprint density at radius 2 is 0.860 bits per heavy atom. The third-order valence-corrected chi connectivity index (χ3v) is 11.0. The van der Waals surface area contributed by atoms with E-state index in [0.29, 0.717) is 5.95 Å². The van der Waals surface area contributed by atoms with Crippen LogP contribution in [0.3, 0.4) is 0 Å². The summed E-state index contributed by atoms with van der Waals surface area (Å²) in [5, 5.41) is 4.77. The number of hydrogen-bond acceptors (Lipinski definition) is 3. The molecule has 3 heterocycles. The molecule has 0 unspecified atom stereocenters. The van der Waals surface area contributed by atoms with Crippen molar-refractivity contribution in [2.24, 2.45) is 0 Å². The zero-order chi connectivity index (χ0) is 37.7. The Bertz CT molecular complexity index is 3110. The first-order valence-electron chi connectivity index (χ1n) is 19.2. The van der Waals surface area contributed by atoms with Crippen molar-refractivity contribution in [2.45, 2.75) is 0 Å². The third-order valence-electron chi connectivity index (χ3n) is 11.0. The topological polar surface area (TPSA) is 38.9 Å². The monoisotopic (exact) mass is 729 g/mol. The maximum Gasteiger partial charge on any atom is 0.234 e. The van der Waals surface area contributed by atoms with E-state index in [4.69, 9.17) is 9.97 Å². The molecule has 5 nitrogen and oxygen atoms in total. The van der Waals surface area contributed by atoms with Crippen LogP contribution >= 0.6 is 0 Å². The second-order valence-corrected chi connectivity index (χ2v) is 14.3. The Morgan fingerprint density at radius 1 is 0.351 bits per heavy atom. The highest BCUT2D eigenvalue weighted by Crippen LogP contribution is 2.44. The molecular formula is C52H35N5. The number of nitrogens with zero attached hydrogens (tertiary/aromatic N) is 5. The standard InChI is InChI=1S/C52H35N5/c1-5-15-36(16-6-1)38-25-27-42(28-26-38)55(52-53-34-39(35-54-52)37-17-7-2-8-18-37)43-29-31-48-46(33-43)50-49(56(48)40-19-9-3-10-20-40)32-30-45-44-23-13-14-24-47(44)57(51(45)50)41-21-11-4-12-22-41/h1-35H. The van der Waals surface area contributed by atoms with Gasteiger partial charge in [-0.1, -0.05) is 133 Å². The van der Waals surface area contributed by atoms with Crippen LogP contribution in [0.5, 0.6) is 0 Å². The van der Waals surface area contributed by atoms with Crippen LogP contribution in [0.15, 0.2) is 213 Å². The van der Waals surface area contributed by atoms with E-state index in [9.17, 15) is 0 Å². The number of anilines is 3. The summed E-state index contributed by atoms with van der Waals surface area (Å²) in [4.78, 5) is 12.2. The number of rotatable bonds is 7. The van der Waals surface area contributed by atoms with Crippen molar-refractivity contribution in [2.75, 3.05) is 4.90 Å². The van der Waals surface area contributed by atoms with Gasteiger partial charge in [-0.25, -0.2) is 9.97 Å². The number of hydrogen-bond donors (Lipinski definition) is 0. The van der Waals surface area contributed by atoms with E-state index in [1.165, 1.54) is 32.8 Å². The first kappa shape index (κ1) is 32.7. The predicted molar refractivity (Wildman–Crippen MR) is 236 cm³/mol. The van der Waals surface area contributed by atoms with Crippen LogP contribution in [0, 0.1) is 0 Å². The summed E-state index contributed by atoms with van der Waals surface area (Å²) < 4.78 is 4.82. The number of aromatic nitrogens is 4. The molecule has 0 aliphatic rings. The van der Waals surface area contributed by atoms with Crippen LogP contribution in [0.4, 0.5) is 17.3 Å². The van der Waals surface area contributed by atoms with Gasteiger partial charge in [-0.2, -0.15) is 0 Å². The van der Waals surface area contributed by atoms with Gasteiger partial charge in [0.05, 0.1) is 22.1 Å². The van der Waals surface area contributed by atoms with E-state index in [0.717, 1.165) is 55.9 Å². The molecule has 3 aromatic heterocycles. The quantitative estimate of drug-likeness (QED) is 0.164. The van der Waals surface area contributed by atoms with Crippen LogP contribution in [0.25, 0.3) is 77.2 Å². The Balaban J connectivity index is 1.19. The number of para-hydroxylation sites is 3. The Morgan fingerprint density at radius 3 is 1.53 bits per heavy atom. The van der Waals surface area contributed by atoms with Crippen LogP contribution in [-0.2, 0) is 0 Å². The minimum atomic E-state index is 0.594. The molecule has 0 radical (unpaired) electrons. The average Bonchev–Trinajstić information content (AvgIpc) is 3.81. The van der Waals surface area contributed by atoms with E-state index in [1.807, 2.05) is 36.7 Å². The molecule has 0 fully saturated rings. The first-order chi connectivity index (χ1) is 28.3. The molecule has 11 aromatic rings. The van der Waals surface area contributed by atoms with E-state index in [2.05, 4.69) is 190 Å². The lowest BCUT2D eigenvalue weighted by atomic mass is 10.0. The fourth-order valence-corrected chi connectivity index (χ4v) is 8.42. The van der Waals surface area contributed by atoms with Crippen molar-refractivity contribution in [3.63, 3.8) is 0 Å². The fourth-order valence-electron chi connectivity index (χ4n) is 8.42. The summed E-state index contributed by atoms with van der Waals surface area (Å²) in [6.07, 6.45) is 3.84. The molecular weight excluding hydrogens is 695 g/mol. The molecule has 0 aliphatic carbocycles. The van der Waals surface area contributed by atoms with Crippen LogP contribution in [0.1, 0.15) is 0 Å². The molecule has 11 rings (SSSR count). The lowest BCUT2D eigenvalue weighted by Gasteiger charge is -2.24. The maximum atomic E-state index is 5.02. The maximum absolute atomic E-state index is 5.02. The van der Waals surface area contributed by atoms with E-state index in [1.54, 1.807) is 0 Å². The number of benzene rings is 8. The average molecular weight is 730 g/mol. The lowest BCUT2D eigenvalue weighted by Crippen LogP contribution is -2.13. The van der Waals surface area contributed by atoms with Crippen molar-refractivity contribution in [3.8, 4) is 33.6 Å². The zero-order valence-corrected chi connectivity index (χ0v) is 30.9. The summed E-state index contributed by atoms with van der Waals surface area (Å²) in [5.41, 5.74) is 13.2. The van der Waals surface area contributed by atoms with Gasteiger partial charge >= 0.3 is 0 Å². The molecule has 0 amide bonds. The first-order valence-corrected chi connectivity index (χ1v) is 19.2. The molecule has 57 heavy (non-hydrogen) atoms. The van der Waals surface area contributed by atoms with Gasteiger partial charge in [0.1, 0.15) is 0 Å². The van der Waals surface area contributed by atoms with Crippen LogP contribution in [-0.4, -0.2) is 19.1 Å². The van der Waals surface area contributed by atoms with Gasteiger partial charge in [0.2, 0.25) is 5.95 Å². The van der Waals surface area contributed by atoms with Gasteiger partial charge in [-0.15, -0.1) is 0 Å². The largest absolute Gasteiger partial charge is 0.309 e. The molecule has 268 valence electrons. The van der Waals surface area contributed by atoms with Gasteiger partial charge < -0.3 is 9.13 Å². The molecule has 0 saturated carbocycles. The van der Waals surface area contributed by atoms with E-state index >= 15 is 0 Å². The Kier molecular flexibility index (Phi) is 7.74. The van der Waals surface area contributed by atoms with Gasteiger partial charge in [-0.05, 0) is 83.4 Å². The van der Waals surface area contributed by atoms with Crippen molar-refractivity contribution in [1.82, 2.24) is 19.1 Å². The molecule has 0 saturated heterocycles. The van der Waals surface area contributed by atoms with Crippen molar-refractivity contribution < 1.29 is 0 Å². The highest BCUT2D eigenvalue weighted by atomic mass is 15.3. The zero-order valence-electron chi connectivity index (χ0n) is 30.9. The fraction of sp³-hybridized carbons (Fsp3) is 0. The molecule has 0 atom stereocenters. The van der Waals surface area contributed by atoms with Crippen molar-refractivity contribution >= 4 is 60.9 Å². The summed E-state index contributed by atoms with van der Waals surface area (Å²) in [6, 6.07) is 70.9. The normalized spacial score (nSPS) is 11.5. The van der Waals surface area contributed by atoms with Gasteiger partial charge in [0.15, 0.2) is 0 Å². The summed E-state index contributed by atoms with van der Waals surface area (Å²) >= 11 is 0. The smallest absolute Gasteiger partial charge is 0.234 e. The minimum absolute atomic E-state index is 0.594.